The molecular formula is C14H25N5O. The van der Waals surface area contributed by atoms with Crippen LogP contribution < -0.4 is 11.1 Å². The number of hydrogen-bond acceptors (Lipinski definition) is 4. The van der Waals surface area contributed by atoms with Gasteiger partial charge >= 0.3 is 0 Å². The molecule has 1 aliphatic heterocycles. The average molecular weight is 279 g/mol. The Hall–Kier alpha value is -1.56. The summed E-state index contributed by atoms with van der Waals surface area (Å²) in [6, 6.07) is 0. The lowest BCUT2D eigenvalue weighted by molar-refractivity contribution is 0.0946. The molecule has 0 aromatic carbocycles. The highest BCUT2D eigenvalue weighted by Gasteiger charge is 2.16. The van der Waals surface area contributed by atoms with Crippen LogP contribution in [-0.4, -0.2) is 47.2 Å². The maximum atomic E-state index is 11.9. The highest BCUT2D eigenvalue weighted by Crippen LogP contribution is 2.15. The van der Waals surface area contributed by atoms with Crippen molar-refractivity contribution >= 4 is 11.6 Å². The minimum Gasteiger partial charge on any atom is -0.395 e. The quantitative estimate of drug-likeness (QED) is 0.706. The molecule has 0 bridgehead atoms. The summed E-state index contributed by atoms with van der Waals surface area (Å²) in [6.07, 6.45) is 3.54. The number of rotatable bonds is 5. The lowest BCUT2D eigenvalue weighted by Gasteiger charge is -2.30. The van der Waals surface area contributed by atoms with Crippen molar-refractivity contribution in [2.75, 3.05) is 31.9 Å². The first kappa shape index (κ1) is 14.8. The maximum absolute atomic E-state index is 11.9. The van der Waals surface area contributed by atoms with Gasteiger partial charge in [-0.05, 0) is 51.7 Å². The number of aryl methyl sites for hydroxylation is 1. The number of anilines is 1. The summed E-state index contributed by atoms with van der Waals surface area (Å²) in [5.41, 5.74) is 7.25. The molecule has 20 heavy (non-hydrogen) atoms. The second kappa shape index (κ2) is 6.74. The van der Waals surface area contributed by atoms with Gasteiger partial charge in [0.05, 0.1) is 11.4 Å². The zero-order chi connectivity index (χ0) is 14.5. The van der Waals surface area contributed by atoms with Gasteiger partial charge in [0.1, 0.15) is 0 Å². The number of amides is 1. The van der Waals surface area contributed by atoms with Crippen LogP contribution in [0.3, 0.4) is 0 Å². The molecule has 6 nitrogen and oxygen atoms in total. The molecule has 1 aromatic heterocycles. The number of hydrogen-bond donors (Lipinski definition) is 3. The Bertz CT molecular complexity index is 448. The summed E-state index contributed by atoms with van der Waals surface area (Å²) in [5, 5.41) is 9.51. The molecule has 6 heteroatoms. The Morgan fingerprint density at radius 3 is 2.80 bits per heavy atom. The summed E-state index contributed by atoms with van der Waals surface area (Å²) in [7, 11) is 0. The first-order valence-corrected chi connectivity index (χ1v) is 7.39. The van der Waals surface area contributed by atoms with Crippen LogP contribution in [0, 0.1) is 12.8 Å². The molecule has 112 valence electrons. The molecule has 0 aliphatic carbocycles. The van der Waals surface area contributed by atoms with Crippen molar-refractivity contribution in [1.82, 2.24) is 20.4 Å². The highest BCUT2D eigenvalue weighted by molar-refractivity contribution is 5.97. The monoisotopic (exact) mass is 279 g/mol. The van der Waals surface area contributed by atoms with E-state index in [4.69, 9.17) is 5.73 Å². The molecule has 2 rings (SSSR count). The Balaban J connectivity index is 1.66. The number of aromatic nitrogens is 2. The highest BCUT2D eigenvalue weighted by atomic mass is 16.1. The van der Waals surface area contributed by atoms with Crippen molar-refractivity contribution in [2.45, 2.75) is 33.1 Å². The Kier molecular flexibility index (Phi) is 5.00. The molecule has 0 radical (unpaired) electrons. The van der Waals surface area contributed by atoms with Gasteiger partial charge in [-0.3, -0.25) is 9.89 Å². The molecule has 0 unspecified atom stereocenters. The second-order valence-corrected chi connectivity index (χ2v) is 5.74. The zero-order valence-electron chi connectivity index (χ0n) is 12.4. The van der Waals surface area contributed by atoms with Crippen LogP contribution in [0.2, 0.25) is 0 Å². The fraction of sp³-hybridized carbons (Fsp3) is 0.714. The minimum atomic E-state index is -0.195. The summed E-state index contributed by atoms with van der Waals surface area (Å²) < 4.78 is 0. The zero-order valence-corrected chi connectivity index (χ0v) is 12.4. The molecule has 1 saturated heterocycles. The van der Waals surface area contributed by atoms with Crippen LogP contribution >= 0.6 is 0 Å². The summed E-state index contributed by atoms with van der Waals surface area (Å²) >= 11 is 0. The van der Waals surface area contributed by atoms with Gasteiger partial charge in [-0.1, -0.05) is 6.92 Å². The number of aromatic amines is 1. The predicted molar refractivity (Wildman–Crippen MR) is 79.5 cm³/mol. The summed E-state index contributed by atoms with van der Waals surface area (Å²) in [5.74, 6) is 0.663. The summed E-state index contributed by atoms with van der Waals surface area (Å²) in [4.78, 5) is 14.4. The van der Waals surface area contributed by atoms with E-state index in [1.54, 1.807) is 6.92 Å². The first-order valence-electron chi connectivity index (χ1n) is 7.39. The fourth-order valence-electron chi connectivity index (χ4n) is 2.48. The van der Waals surface area contributed by atoms with Crippen LogP contribution in [0.15, 0.2) is 0 Å². The van der Waals surface area contributed by atoms with Crippen LogP contribution in [0.5, 0.6) is 0 Å². The topological polar surface area (TPSA) is 87.0 Å². The fourth-order valence-corrected chi connectivity index (χ4v) is 2.48. The van der Waals surface area contributed by atoms with Gasteiger partial charge in [-0.2, -0.15) is 5.10 Å². The Labute approximate surface area is 120 Å². The van der Waals surface area contributed by atoms with E-state index in [0.717, 1.165) is 24.6 Å². The number of likely N-dealkylation sites (tertiary alicyclic amines) is 1. The van der Waals surface area contributed by atoms with Gasteiger partial charge < -0.3 is 16.0 Å². The normalized spacial score (nSPS) is 17.3. The van der Waals surface area contributed by atoms with E-state index in [1.807, 2.05) is 0 Å². The van der Waals surface area contributed by atoms with Gasteiger partial charge in [0.25, 0.3) is 5.91 Å². The molecule has 1 aliphatic rings. The molecule has 1 amide bonds. The van der Waals surface area contributed by atoms with E-state index in [0.29, 0.717) is 17.9 Å². The number of nitrogens with zero attached hydrogens (tertiary/aromatic N) is 2. The van der Waals surface area contributed by atoms with Crippen molar-refractivity contribution in [3.63, 3.8) is 0 Å². The lowest BCUT2D eigenvalue weighted by Crippen LogP contribution is -2.35. The van der Waals surface area contributed by atoms with Crippen molar-refractivity contribution in [3.05, 3.63) is 11.4 Å². The van der Waals surface area contributed by atoms with E-state index in [2.05, 4.69) is 27.3 Å². The molecule has 1 aromatic rings. The number of nitrogens with one attached hydrogen (secondary N) is 2. The molecular weight excluding hydrogens is 254 g/mol. The molecule has 0 saturated carbocycles. The van der Waals surface area contributed by atoms with Gasteiger partial charge in [0.15, 0.2) is 5.69 Å². The molecule has 0 spiro atoms. The maximum Gasteiger partial charge on any atom is 0.273 e. The van der Waals surface area contributed by atoms with Crippen molar-refractivity contribution in [1.29, 1.82) is 0 Å². The van der Waals surface area contributed by atoms with Gasteiger partial charge in [0, 0.05) is 6.54 Å². The standard InChI is InChI=1S/C14H25N5O/c1-10-4-8-19(9-5-10)7-3-6-16-14(20)13-12(15)11(2)17-18-13/h10H,3-9,15H2,1-2H3,(H,16,20)(H,17,18). The average Bonchev–Trinajstić information content (AvgIpc) is 2.77. The van der Waals surface area contributed by atoms with E-state index in [-0.39, 0.29) is 5.91 Å². The number of nitrogen functional groups attached to an aromatic ring is 1. The van der Waals surface area contributed by atoms with Crippen molar-refractivity contribution < 1.29 is 4.79 Å². The number of carbonyl (C=O) groups is 1. The third-order valence-electron chi connectivity index (χ3n) is 4.02. The Morgan fingerprint density at radius 2 is 2.20 bits per heavy atom. The van der Waals surface area contributed by atoms with Crippen LogP contribution in [0.4, 0.5) is 5.69 Å². The van der Waals surface area contributed by atoms with Crippen molar-refractivity contribution in [3.8, 4) is 0 Å². The van der Waals surface area contributed by atoms with Crippen LogP contribution in [-0.2, 0) is 0 Å². The largest absolute Gasteiger partial charge is 0.395 e. The van der Waals surface area contributed by atoms with Crippen molar-refractivity contribution in [2.24, 2.45) is 5.92 Å². The first-order chi connectivity index (χ1) is 9.58. The van der Waals surface area contributed by atoms with Crippen LogP contribution in [0.1, 0.15) is 42.4 Å². The third-order valence-corrected chi connectivity index (χ3v) is 4.02. The third kappa shape index (κ3) is 3.72. The molecule has 4 N–H and O–H groups in total. The molecule has 0 atom stereocenters. The Morgan fingerprint density at radius 1 is 1.50 bits per heavy atom. The van der Waals surface area contributed by atoms with E-state index >= 15 is 0 Å². The second-order valence-electron chi connectivity index (χ2n) is 5.74. The predicted octanol–water partition coefficient (Wildman–Crippen LogP) is 1.15. The lowest BCUT2D eigenvalue weighted by atomic mass is 9.99. The van der Waals surface area contributed by atoms with Crippen LogP contribution in [0.25, 0.3) is 0 Å². The molecule has 2 heterocycles. The smallest absolute Gasteiger partial charge is 0.273 e. The van der Waals surface area contributed by atoms with Gasteiger partial charge in [0.2, 0.25) is 0 Å². The number of H-pyrrole nitrogens is 1. The number of carbonyl (C=O) groups excluding carboxylic acids is 1. The van der Waals surface area contributed by atoms with E-state index < -0.39 is 0 Å². The van der Waals surface area contributed by atoms with Gasteiger partial charge in [-0.25, -0.2) is 0 Å². The molecule has 1 fully saturated rings. The van der Waals surface area contributed by atoms with E-state index in [1.165, 1.54) is 25.9 Å². The summed E-state index contributed by atoms with van der Waals surface area (Å²) in [6.45, 7) is 8.18. The number of piperidine rings is 1. The number of nitrogens with two attached hydrogens (primary N) is 1. The van der Waals surface area contributed by atoms with Gasteiger partial charge in [-0.15, -0.1) is 0 Å². The van der Waals surface area contributed by atoms with E-state index in [9.17, 15) is 4.79 Å². The minimum absolute atomic E-state index is 0.195. The SMILES string of the molecule is Cc1[nH]nc(C(=O)NCCCN2CCC(C)CC2)c1N.